The molecule has 0 spiro atoms. The Labute approximate surface area is 133 Å². The summed E-state index contributed by atoms with van der Waals surface area (Å²) in [7, 11) is 0. The highest BCUT2D eigenvalue weighted by Crippen LogP contribution is 2.31. The fraction of sp³-hybridized carbons (Fsp3) is 0.211. The maximum atomic E-state index is 13.3. The number of carboxylic acids is 1. The van der Waals surface area contributed by atoms with Crippen molar-refractivity contribution in [2.24, 2.45) is 0 Å². The van der Waals surface area contributed by atoms with E-state index in [1.807, 2.05) is 36.5 Å². The van der Waals surface area contributed by atoms with Crippen molar-refractivity contribution >= 4 is 16.9 Å². The number of aliphatic carboxylic acids is 1. The maximum absolute atomic E-state index is 13.3. The van der Waals surface area contributed by atoms with Gasteiger partial charge in [0.2, 0.25) is 0 Å². The zero-order valence-electron chi connectivity index (χ0n) is 12.6. The van der Waals surface area contributed by atoms with Gasteiger partial charge >= 0.3 is 5.97 Å². The van der Waals surface area contributed by atoms with Crippen LogP contribution in [0.2, 0.25) is 0 Å². The smallest absolute Gasteiger partial charge is 0.303 e. The van der Waals surface area contributed by atoms with Crippen LogP contribution in [0.15, 0.2) is 54.7 Å². The van der Waals surface area contributed by atoms with Crippen LogP contribution in [-0.4, -0.2) is 16.1 Å². The van der Waals surface area contributed by atoms with Gasteiger partial charge in [0.25, 0.3) is 0 Å². The average molecular weight is 311 g/mol. The molecule has 0 aliphatic heterocycles. The van der Waals surface area contributed by atoms with E-state index >= 15 is 0 Å². The fourth-order valence-electron chi connectivity index (χ4n) is 3.02. The highest BCUT2D eigenvalue weighted by atomic mass is 19.1. The van der Waals surface area contributed by atoms with Crippen LogP contribution < -0.4 is 0 Å². The largest absolute Gasteiger partial charge is 0.481 e. The molecule has 1 atom stereocenters. The SMILES string of the molecule is O=C(O)CC(CCc1ccccc1)c1c[nH]c2cc(F)ccc12. The predicted octanol–water partition coefficient (Wildman–Crippen LogP) is 4.50. The first-order chi connectivity index (χ1) is 11.1. The number of aromatic amines is 1. The van der Waals surface area contributed by atoms with Crippen molar-refractivity contribution in [3.8, 4) is 0 Å². The second-order valence-electron chi connectivity index (χ2n) is 5.75. The van der Waals surface area contributed by atoms with Crippen LogP contribution >= 0.6 is 0 Å². The van der Waals surface area contributed by atoms with Gasteiger partial charge in [-0.25, -0.2) is 4.39 Å². The van der Waals surface area contributed by atoms with Gasteiger partial charge in [-0.05, 0) is 48.1 Å². The van der Waals surface area contributed by atoms with Crippen molar-refractivity contribution in [3.05, 3.63) is 71.7 Å². The summed E-state index contributed by atoms with van der Waals surface area (Å²) >= 11 is 0. The Bertz CT molecular complexity index is 811. The van der Waals surface area contributed by atoms with Gasteiger partial charge in [-0.3, -0.25) is 4.79 Å². The summed E-state index contributed by atoms with van der Waals surface area (Å²) in [6.07, 6.45) is 3.42. The van der Waals surface area contributed by atoms with Crippen LogP contribution in [0.25, 0.3) is 10.9 Å². The van der Waals surface area contributed by atoms with E-state index < -0.39 is 5.97 Å². The highest BCUT2D eigenvalue weighted by Gasteiger charge is 2.19. The minimum atomic E-state index is -0.820. The summed E-state index contributed by atoms with van der Waals surface area (Å²) in [4.78, 5) is 14.3. The molecule has 118 valence electrons. The number of hydrogen-bond donors (Lipinski definition) is 2. The number of fused-ring (bicyclic) bond motifs is 1. The first-order valence-electron chi connectivity index (χ1n) is 7.66. The molecule has 2 aromatic carbocycles. The fourth-order valence-corrected chi connectivity index (χ4v) is 3.02. The molecule has 0 saturated carbocycles. The van der Waals surface area contributed by atoms with Crippen LogP contribution in [0.4, 0.5) is 4.39 Å². The molecule has 0 bridgehead atoms. The highest BCUT2D eigenvalue weighted by molar-refractivity contribution is 5.84. The van der Waals surface area contributed by atoms with Crippen molar-refractivity contribution < 1.29 is 14.3 Å². The minimum absolute atomic E-state index is 0.0666. The van der Waals surface area contributed by atoms with Gasteiger partial charge in [-0.2, -0.15) is 0 Å². The van der Waals surface area contributed by atoms with Crippen molar-refractivity contribution in [3.63, 3.8) is 0 Å². The molecule has 0 fully saturated rings. The van der Waals surface area contributed by atoms with Gasteiger partial charge in [0.1, 0.15) is 5.82 Å². The van der Waals surface area contributed by atoms with Gasteiger partial charge < -0.3 is 10.1 Å². The van der Waals surface area contributed by atoms with Gasteiger partial charge in [0.15, 0.2) is 0 Å². The number of aryl methyl sites for hydroxylation is 1. The Morgan fingerprint density at radius 1 is 1.17 bits per heavy atom. The number of aromatic nitrogens is 1. The van der Waals surface area contributed by atoms with E-state index in [2.05, 4.69) is 4.98 Å². The summed E-state index contributed by atoms with van der Waals surface area (Å²) in [6, 6.07) is 14.6. The van der Waals surface area contributed by atoms with Gasteiger partial charge in [0.05, 0.1) is 6.42 Å². The van der Waals surface area contributed by atoms with Crippen LogP contribution in [0, 0.1) is 5.82 Å². The Balaban J connectivity index is 1.86. The first kappa shape index (κ1) is 15.3. The van der Waals surface area contributed by atoms with Crippen molar-refractivity contribution in [2.75, 3.05) is 0 Å². The molecular weight excluding hydrogens is 293 g/mol. The molecule has 0 amide bonds. The molecule has 0 saturated heterocycles. The average Bonchev–Trinajstić information content (AvgIpc) is 2.95. The van der Waals surface area contributed by atoms with Gasteiger partial charge in [0, 0.05) is 17.1 Å². The Morgan fingerprint density at radius 3 is 2.70 bits per heavy atom. The van der Waals surface area contributed by atoms with E-state index in [-0.39, 0.29) is 18.2 Å². The van der Waals surface area contributed by atoms with E-state index in [9.17, 15) is 14.3 Å². The zero-order valence-corrected chi connectivity index (χ0v) is 12.6. The third kappa shape index (κ3) is 3.59. The Hall–Kier alpha value is -2.62. The summed E-state index contributed by atoms with van der Waals surface area (Å²) < 4.78 is 13.3. The number of nitrogens with one attached hydrogen (secondary N) is 1. The lowest BCUT2D eigenvalue weighted by Crippen LogP contribution is -2.07. The normalized spacial score (nSPS) is 12.4. The molecule has 1 aromatic heterocycles. The van der Waals surface area contributed by atoms with Crippen molar-refractivity contribution in [1.29, 1.82) is 0 Å². The van der Waals surface area contributed by atoms with Crippen molar-refractivity contribution in [2.45, 2.75) is 25.2 Å². The van der Waals surface area contributed by atoms with Crippen LogP contribution in [0.5, 0.6) is 0 Å². The zero-order chi connectivity index (χ0) is 16.2. The Morgan fingerprint density at radius 2 is 1.96 bits per heavy atom. The molecule has 0 aliphatic carbocycles. The molecule has 2 N–H and O–H groups in total. The number of halogens is 1. The molecule has 4 heteroatoms. The number of carbonyl (C=O) groups is 1. The lowest BCUT2D eigenvalue weighted by atomic mass is 9.89. The number of rotatable bonds is 6. The molecule has 3 nitrogen and oxygen atoms in total. The van der Waals surface area contributed by atoms with Crippen LogP contribution in [0.1, 0.15) is 29.9 Å². The van der Waals surface area contributed by atoms with Crippen molar-refractivity contribution in [1.82, 2.24) is 4.98 Å². The molecular formula is C19H18FNO2. The van der Waals surface area contributed by atoms with Gasteiger partial charge in [-0.15, -0.1) is 0 Å². The third-order valence-electron chi connectivity index (χ3n) is 4.16. The van der Waals surface area contributed by atoms with E-state index in [1.165, 1.54) is 17.7 Å². The predicted molar refractivity (Wildman–Crippen MR) is 88.0 cm³/mol. The summed E-state index contributed by atoms with van der Waals surface area (Å²) in [5.41, 5.74) is 2.84. The second kappa shape index (κ2) is 6.65. The lowest BCUT2D eigenvalue weighted by molar-refractivity contribution is -0.137. The van der Waals surface area contributed by atoms with Crippen LogP contribution in [-0.2, 0) is 11.2 Å². The third-order valence-corrected chi connectivity index (χ3v) is 4.16. The maximum Gasteiger partial charge on any atom is 0.303 e. The minimum Gasteiger partial charge on any atom is -0.481 e. The molecule has 0 radical (unpaired) electrons. The number of H-pyrrole nitrogens is 1. The topological polar surface area (TPSA) is 53.1 Å². The number of carboxylic acid groups (broad SMARTS) is 1. The molecule has 3 aromatic rings. The number of hydrogen-bond acceptors (Lipinski definition) is 1. The lowest BCUT2D eigenvalue weighted by Gasteiger charge is -2.14. The number of benzene rings is 2. The monoisotopic (exact) mass is 311 g/mol. The first-order valence-corrected chi connectivity index (χ1v) is 7.66. The van der Waals surface area contributed by atoms with E-state index in [0.717, 1.165) is 23.8 Å². The molecule has 3 rings (SSSR count). The molecule has 23 heavy (non-hydrogen) atoms. The summed E-state index contributed by atoms with van der Waals surface area (Å²) in [5, 5.41) is 10.1. The quantitative estimate of drug-likeness (QED) is 0.704. The Kier molecular flexibility index (Phi) is 4.42. The molecule has 1 unspecified atom stereocenters. The van der Waals surface area contributed by atoms with Gasteiger partial charge in [-0.1, -0.05) is 30.3 Å². The van der Waals surface area contributed by atoms with E-state index in [4.69, 9.17) is 0 Å². The molecule has 0 aliphatic rings. The second-order valence-corrected chi connectivity index (χ2v) is 5.75. The van der Waals surface area contributed by atoms with E-state index in [0.29, 0.717) is 5.52 Å². The standard InChI is InChI=1S/C19H18FNO2/c20-15-8-9-16-17(12-21-18(16)11-15)14(10-19(22)23)7-6-13-4-2-1-3-5-13/h1-5,8-9,11-12,14,21H,6-7,10H2,(H,22,23). The summed E-state index contributed by atoms with van der Waals surface area (Å²) in [5.74, 6) is -1.23. The summed E-state index contributed by atoms with van der Waals surface area (Å²) in [6.45, 7) is 0. The van der Waals surface area contributed by atoms with E-state index in [1.54, 1.807) is 6.07 Å². The van der Waals surface area contributed by atoms with Crippen LogP contribution in [0.3, 0.4) is 0 Å². The molecule has 1 heterocycles.